The zero-order valence-electron chi connectivity index (χ0n) is 11.6. The molecule has 1 saturated carbocycles. The minimum Gasteiger partial charge on any atom is -0.311 e. The maximum absolute atomic E-state index is 12.4. The molecule has 0 heterocycles. The maximum Gasteiger partial charge on any atom is 0.263 e. The minimum absolute atomic E-state index is 0.0885. The van der Waals surface area contributed by atoms with Crippen LogP contribution in [0.25, 0.3) is 0 Å². The predicted octanol–water partition coefficient (Wildman–Crippen LogP) is 3.20. The summed E-state index contributed by atoms with van der Waals surface area (Å²) in [6, 6.07) is 7.81. The fraction of sp³-hybridized carbons (Fsp3) is 0.600. The number of halogens is 2. The van der Waals surface area contributed by atoms with Crippen LogP contribution in [0.1, 0.15) is 37.3 Å². The number of nitrogens with zero attached hydrogens (tertiary/aromatic N) is 1. The summed E-state index contributed by atoms with van der Waals surface area (Å²) in [7, 11) is 2.17. The summed E-state index contributed by atoms with van der Waals surface area (Å²) in [6.45, 7) is 3.86. The Morgan fingerprint density at radius 1 is 1.26 bits per heavy atom. The smallest absolute Gasteiger partial charge is 0.263 e. The summed E-state index contributed by atoms with van der Waals surface area (Å²) in [5.41, 5.74) is 1.14. The number of benzene rings is 1. The molecule has 2 nitrogen and oxygen atoms in total. The zero-order valence-corrected chi connectivity index (χ0v) is 11.6. The second-order valence-electron chi connectivity index (χ2n) is 5.42. The number of likely N-dealkylation sites (N-methyl/N-ethyl adjacent to an activating group) is 1. The van der Waals surface area contributed by atoms with E-state index in [-0.39, 0.29) is 5.56 Å². The normalized spacial score (nSPS) is 17.2. The van der Waals surface area contributed by atoms with Crippen molar-refractivity contribution in [2.45, 2.75) is 44.8 Å². The van der Waals surface area contributed by atoms with Gasteiger partial charge >= 0.3 is 0 Å². The second-order valence-corrected chi connectivity index (χ2v) is 5.42. The van der Waals surface area contributed by atoms with E-state index in [0.29, 0.717) is 6.04 Å². The van der Waals surface area contributed by atoms with E-state index in [1.165, 1.54) is 25.0 Å². The lowest BCUT2D eigenvalue weighted by Gasteiger charge is -2.24. The molecule has 4 heteroatoms. The van der Waals surface area contributed by atoms with Crippen LogP contribution in [-0.4, -0.2) is 30.6 Å². The first-order valence-electron chi connectivity index (χ1n) is 6.87. The lowest BCUT2D eigenvalue weighted by atomic mass is 10.1. The van der Waals surface area contributed by atoms with Crippen molar-refractivity contribution in [3.05, 3.63) is 35.4 Å². The molecular weight excluding hydrogens is 246 g/mol. The van der Waals surface area contributed by atoms with Gasteiger partial charge in [0.05, 0.1) is 0 Å². The topological polar surface area (TPSA) is 15.3 Å². The van der Waals surface area contributed by atoms with Crippen molar-refractivity contribution in [2.24, 2.45) is 0 Å². The molecule has 1 N–H and O–H groups in total. The van der Waals surface area contributed by atoms with E-state index in [1.54, 1.807) is 12.1 Å². The molecule has 1 aromatic carbocycles. The number of hydrogen-bond donors (Lipinski definition) is 1. The predicted molar refractivity (Wildman–Crippen MR) is 73.4 cm³/mol. The van der Waals surface area contributed by atoms with Gasteiger partial charge in [-0.25, -0.2) is 8.78 Å². The quantitative estimate of drug-likeness (QED) is 0.817. The lowest BCUT2D eigenvalue weighted by Crippen LogP contribution is -2.38. The van der Waals surface area contributed by atoms with Gasteiger partial charge in [0, 0.05) is 30.7 Å². The molecule has 0 saturated heterocycles. The van der Waals surface area contributed by atoms with Gasteiger partial charge in [-0.05, 0) is 32.4 Å². The molecule has 0 radical (unpaired) electrons. The van der Waals surface area contributed by atoms with Gasteiger partial charge in [-0.3, -0.25) is 4.90 Å². The molecule has 1 atom stereocenters. The van der Waals surface area contributed by atoms with Crippen molar-refractivity contribution in [1.29, 1.82) is 0 Å². The van der Waals surface area contributed by atoms with Crippen LogP contribution in [-0.2, 0) is 6.54 Å². The Morgan fingerprint density at radius 3 is 2.42 bits per heavy atom. The van der Waals surface area contributed by atoms with Crippen molar-refractivity contribution in [3.63, 3.8) is 0 Å². The number of nitrogens with one attached hydrogen (secondary N) is 1. The molecule has 0 bridgehead atoms. The van der Waals surface area contributed by atoms with Gasteiger partial charge in [-0.2, -0.15) is 0 Å². The summed E-state index contributed by atoms with van der Waals surface area (Å²) >= 11 is 0. The molecule has 19 heavy (non-hydrogen) atoms. The van der Waals surface area contributed by atoms with E-state index in [1.807, 2.05) is 0 Å². The van der Waals surface area contributed by atoms with Crippen molar-refractivity contribution in [3.8, 4) is 0 Å². The third kappa shape index (κ3) is 4.25. The Hall–Kier alpha value is -1.00. The molecule has 106 valence electrons. The fourth-order valence-corrected chi connectivity index (χ4v) is 2.19. The van der Waals surface area contributed by atoms with E-state index in [0.717, 1.165) is 24.7 Å². The highest BCUT2D eigenvalue weighted by Gasteiger charge is 2.28. The molecule has 0 spiro atoms. The monoisotopic (exact) mass is 268 g/mol. The largest absolute Gasteiger partial charge is 0.311 e. The van der Waals surface area contributed by atoms with Gasteiger partial charge in [-0.1, -0.05) is 24.3 Å². The van der Waals surface area contributed by atoms with Crippen molar-refractivity contribution in [1.82, 2.24) is 10.2 Å². The minimum atomic E-state index is -2.38. The van der Waals surface area contributed by atoms with Gasteiger partial charge in [0.2, 0.25) is 0 Å². The first-order valence-corrected chi connectivity index (χ1v) is 6.87. The number of rotatable bonds is 7. The van der Waals surface area contributed by atoms with Crippen LogP contribution in [0.5, 0.6) is 0 Å². The zero-order chi connectivity index (χ0) is 13.8. The van der Waals surface area contributed by atoms with Crippen LogP contribution >= 0.6 is 0 Å². The third-order valence-electron chi connectivity index (χ3n) is 3.82. The van der Waals surface area contributed by atoms with Crippen LogP contribution in [0.2, 0.25) is 0 Å². The summed E-state index contributed by atoms with van der Waals surface area (Å²) < 4.78 is 24.8. The average Bonchev–Trinajstić information content (AvgIpc) is 3.22. The molecule has 0 amide bonds. The van der Waals surface area contributed by atoms with E-state index in [2.05, 4.69) is 24.2 Å². The van der Waals surface area contributed by atoms with Crippen molar-refractivity contribution in [2.75, 3.05) is 13.6 Å². The average molecular weight is 268 g/mol. The highest BCUT2D eigenvalue weighted by molar-refractivity contribution is 5.23. The van der Waals surface area contributed by atoms with E-state index in [9.17, 15) is 8.78 Å². The van der Waals surface area contributed by atoms with E-state index >= 15 is 0 Å². The Bertz CT molecular complexity index is 388. The van der Waals surface area contributed by atoms with Crippen molar-refractivity contribution < 1.29 is 8.78 Å². The van der Waals surface area contributed by atoms with Crippen LogP contribution in [0.15, 0.2) is 24.3 Å². The van der Waals surface area contributed by atoms with E-state index < -0.39 is 6.43 Å². The highest BCUT2D eigenvalue weighted by Crippen LogP contribution is 2.26. The van der Waals surface area contributed by atoms with E-state index in [4.69, 9.17) is 0 Å². The Kier molecular flexibility index (Phi) is 4.88. The first-order chi connectivity index (χ1) is 9.08. The molecule has 1 unspecified atom stereocenters. The van der Waals surface area contributed by atoms with Crippen LogP contribution in [0, 0.1) is 0 Å². The molecule has 1 aliphatic carbocycles. The molecule has 1 aromatic rings. The Labute approximate surface area is 113 Å². The third-order valence-corrected chi connectivity index (χ3v) is 3.82. The maximum atomic E-state index is 12.4. The number of alkyl halides is 2. The lowest BCUT2D eigenvalue weighted by molar-refractivity contribution is 0.151. The first kappa shape index (κ1) is 14.4. The fourth-order valence-electron chi connectivity index (χ4n) is 2.19. The highest BCUT2D eigenvalue weighted by atomic mass is 19.3. The van der Waals surface area contributed by atoms with Crippen LogP contribution in [0.4, 0.5) is 8.78 Å². The van der Waals surface area contributed by atoms with Crippen LogP contribution in [0.3, 0.4) is 0 Å². The summed E-state index contributed by atoms with van der Waals surface area (Å²) in [5, 5.41) is 3.38. The molecule has 0 aliphatic heterocycles. The summed E-state index contributed by atoms with van der Waals surface area (Å²) in [4.78, 5) is 2.41. The van der Waals surface area contributed by atoms with Gasteiger partial charge in [-0.15, -0.1) is 0 Å². The van der Waals surface area contributed by atoms with Gasteiger partial charge in [0.1, 0.15) is 0 Å². The summed E-state index contributed by atoms with van der Waals surface area (Å²) in [6.07, 6.45) is 0.250. The number of hydrogen-bond acceptors (Lipinski definition) is 2. The van der Waals surface area contributed by atoms with Gasteiger partial charge < -0.3 is 5.32 Å². The molecule has 1 aliphatic rings. The Balaban J connectivity index is 1.72. The summed E-state index contributed by atoms with van der Waals surface area (Å²) in [5.74, 6) is 0. The van der Waals surface area contributed by atoms with Gasteiger partial charge in [0.15, 0.2) is 0 Å². The SMILES string of the molecule is CC(CNCc1ccc(C(F)F)cc1)N(C)C1CC1. The molecule has 2 rings (SSSR count). The molecule has 1 fully saturated rings. The van der Waals surface area contributed by atoms with Gasteiger partial charge in [0.25, 0.3) is 6.43 Å². The second kappa shape index (κ2) is 6.44. The Morgan fingerprint density at radius 2 is 1.89 bits per heavy atom. The molecule has 0 aromatic heterocycles. The van der Waals surface area contributed by atoms with Crippen LogP contribution < -0.4 is 5.32 Å². The molecular formula is C15H22F2N2. The standard InChI is InChI=1S/C15H22F2N2/c1-11(19(2)14-7-8-14)9-18-10-12-3-5-13(6-4-12)15(16)17/h3-6,11,14-15,18H,7-10H2,1-2H3. The van der Waals surface area contributed by atoms with Crippen molar-refractivity contribution >= 4 is 0 Å².